The first-order chi connectivity index (χ1) is 19.2. The van der Waals surface area contributed by atoms with Gasteiger partial charge in [0.25, 0.3) is 5.69 Å². The normalized spacial score (nSPS) is 19.9. The van der Waals surface area contributed by atoms with Gasteiger partial charge < -0.3 is 9.72 Å². The van der Waals surface area contributed by atoms with Crippen LogP contribution in [0.15, 0.2) is 81.0 Å². The third kappa shape index (κ3) is 4.74. The van der Waals surface area contributed by atoms with Crippen molar-refractivity contribution in [3.8, 4) is 5.75 Å². The number of benzene rings is 3. The Hall–Kier alpha value is -3.45. The summed E-state index contributed by atoms with van der Waals surface area (Å²) in [5, 5.41) is 11.4. The summed E-state index contributed by atoms with van der Waals surface area (Å²) in [6, 6.07) is 18.0. The number of hydrogen-bond donors (Lipinski definition) is 1. The molecule has 0 spiro atoms. The molecule has 1 saturated heterocycles. The maximum atomic E-state index is 14.0. The second-order valence-electron chi connectivity index (χ2n) is 9.13. The lowest BCUT2D eigenvalue weighted by Gasteiger charge is -2.31. The van der Waals surface area contributed by atoms with Gasteiger partial charge in [0, 0.05) is 38.0 Å². The zero-order chi connectivity index (χ0) is 28.1. The van der Waals surface area contributed by atoms with Crippen LogP contribution in [0.1, 0.15) is 21.9 Å². The SMILES string of the molecule is O=C1C2Sc3[nH]c(=O)sc3[C@H](c3cc(Br)ccc3OCc3ccc(Cl)cc3)C2C(=O)N1c1ccc([N+](=O)[O-])cc1. The molecule has 6 rings (SSSR count). The number of thioether (sulfide) groups is 1. The Labute approximate surface area is 248 Å². The fraction of sp³-hybridized carbons (Fsp3) is 0.148. The fourth-order valence-electron chi connectivity index (χ4n) is 4.97. The van der Waals surface area contributed by atoms with Crippen molar-refractivity contribution in [1.82, 2.24) is 4.98 Å². The third-order valence-electron chi connectivity index (χ3n) is 6.76. The minimum Gasteiger partial charge on any atom is -0.489 e. The number of nitrogens with zero attached hydrogens (tertiary/aromatic N) is 2. The van der Waals surface area contributed by atoms with E-state index in [4.69, 9.17) is 16.3 Å². The van der Waals surface area contributed by atoms with E-state index in [0.29, 0.717) is 26.2 Å². The number of non-ortho nitro benzene ring substituents is 1. The highest BCUT2D eigenvalue weighted by Gasteiger charge is 2.56. The number of H-pyrrole nitrogens is 1. The van der Waals surface area contributed by atoms with Gasteiger partial charge in [-0.15, -0.1) is 0 Å². The number of fused-ring (bicyclic) bond motifs is 2. The molecule has 202 valence electrons. The Balaban J connectivity index is 1.42. The number of halogens is 2. The average molecular weight is 659 g/mol. The molecule has 0 radical (unpaired) electrons. The maximum Gasteiger partial charge on any atom is 0.305 e. The van der Waals surface area contributed by atoms with E-state index >= 15 is 0 Å². The van der Waals surface area contributed by atoms with Crippen molar-refractivity contribution in [1.29, 1.82) is 0 Å². The Morgan fingerprint density at radius 3 is 2.45 bits per heavy atom. The van der Waals surface area contributed by atoms with Crippen molar-refractivity contribution in [2.75, 3.05) is 4.90 Å². The summed E-state index contributed by atoms with van der Waals surface area (Å²) in [5.41, 5.74) is 1.64. The number of hydrogen-bond acceptors (Lipinski definition) is 8. The van der Waals surface area contributed by atoms with E-state index in [-0.39, 0.29) is 22.9 Å². The van der Waals surface area contributed by atoms with Crippen molar-refractivity contribution < 1.29 is 19.2 Å². The molecule has 3 atom stereocenters. The molecule has 0 aliphatic carbocycles. The first-order valence-corrected chi connectivity index (χ1v) is 14.8. The van der Waals surface area contributed by atoms with Gasteiger partial charge in [0.15, 0.2) is 0 Å². The summed E-state index contributed by atoms with van der Waals surface area (Å²) in [6.45, 7) is 0.236. The lowest BCUT2D eigenvalue weighted by atomic mass is 9.82. The van der Waals surface area contributed by atoms with Crippen LogP contribution in [0, 0.1) is 16.0 Å². The molecule has 1 N–H and O–H groups in total. The minimum atomic E-state index is -0.834. The Morgan fingerprint density at radius 2 is 1.75 bits per heavy atom. The first-order valence-electron chi connectivity index (χ1n) is 11.9. The average Bonchev–Trinajstić information content (AvgIpc) is 3.43. The smallest absolute Gasteiger partial charge is 0.305 e. The van der Waals surface area contributed by atoms with Crippen molar-refractivity contribution in [2.45, 2.75) is 22.8 Å². The topological polar surface area (TPSA) is 123 Å². The first kappa shape index (κ1) is 26.8. The van der Waals surface area contributed by atoms with E-state index in [1.54, 1.807) is 18.2 Å². The molecule has 4 aromatic rings. The van der Waals surface area contributed by atoms with Gasteiger partial charge in [-0.05, 0) is 48.0 Å². The number of aromatic amines is 1. The molecule has 2 unspecified atom stereocenters. The number of nitrogens with one attached hydrogen (secondary N) is 1. The van der Waals surface area contributed by atoms with Gasteiger partial charge in [0.2, 0.25) is 11.8 Å². The second kappa shape index (κ2) is 10.5. The number of imide groups is 1. The molecular formula is C27H17BrClN3O6S2. The number of rotatable bonds is 6. The van der Waals surface area contributed by atoms with Gasteiger partial charge in [-0.25, -0.2) is 4.90 Å². The van der Waals surface area contributed by atoms with Crippen LogP contribution in [-0.4, -0.2) is 27.0 Å². The molecule has 1 fully saturated rings. The van der Waals surface area contributed by atoms with Crippen LogP contribution in [0.25, 0.3) is 0 Å². The monoisotopic (exact) mass is 657 g/mol. The lowest BCUT2D eigenvalue weighted by Crippen LogP contribution is -2.32. The summed E-state index contributed by atoms with van der Waals surface area (Å²) in [7, 11) is 0. The number of anilines is 1. The third-order valence-corrected chi connectivity index (χ3v) is 9.90. The van der Waals surface area contributed by atoms with Gasteiger partial charge in [-0.3, -0.25) is 24.5 Å². The van der Waals surface area contributed by atoms with Gasteiger partial charge in [0.05, 0.1) is 21.6 Å². The van der Waals surface area contributed by atoms with E-state index in [9.17, 15) is 24.5 Å². The molecule has 0 saturated carbocycles. The van der Waals surface area contributed by atoms with E-state index in [0.717, 1.165) is 38.0 Å². The van der Waals surface area contributed by atoms with Crippen LogP contribution >= 0.6 is 50.6 Å². The Kier molecular flexibility index (Phi) is 7.03. The highest BCUT2D eigenvalue weighted by Crippen LogP contribution is 2.54. The maximum absolute atomic E-state index is 14.0. The number of carbonyl (C=O) groups is 2. The van der Waals surface area contributed by atoms with Crippen molar-refractivity contribution in [3.05, 3.63) is 112 Å². The number of amides is 2. The molecule has 3 heterocycles. The van der Waals surface area contributed by atoms with Crippen LogP contribution < -0.4 is 14.5 Å². The number of aromatic nitrogens is 1. The molecule has 0 bridgehead atoms. The molecule has 2 aliphatic heterocycles. The van der Waals surface area contributed by atoms with E-state index in [1.165, 1.54) is 24.3 Å². The molecule has 2 amide bonds. The van der Waals surface area contributed by atoms with Crippen molar-refractivity contribution >= 4 is 73.8 Å². The van der Waals surface area contributed by atoms with Gasteiger partial charge in [0.1, 0.15) is 17.6 Å². The number of carbonyl (C=O) groups excluding carboxylic acids is 2. The van der Waals surface area contributed by atoms with Crippen LogP contribution in [0.3, 0.4) is 0 Å². The standard InChI is InChI=1S/C27H17BrClN3O6S2/c28-14-3-10-19(38-12-13-1-4-15(29)5-2-13)18(11-14)20-21-23(39-24-22(20)40-27(35)30-24)26(34)31(25(21)33)16-6-8-17(9-7-16)32(36)37/h1-11,20-21,23H,12H2,(H,30,35)/t20-,21?,23?/m1/s1. The highest BCUT2D eigenvalue weighted by molar-refractivity contribution is 9.10. The molecule has 13 heteroatoms. The molecule has 2 aliphatic rings. The van der Waals surface area contributed by atoms with Crippen LogP contribution in [0.4, 0.5) is 11.4 Å². The molecule has 9 nitrogen and oxygen atoms in total. The summed E-state index contributed by atoms with van der Waals surface area (Å²) in [5.74, 6) is -1.87. The quantitative estimate of drug-likeness (QED) is 0.150. The molecule has 3 aromatic carbocycles. The van der Waals surface area contributed by atoms with E-state index in [1.807, 2.05) is 24.3 Å². The zero-order valence-electron chi connectivity index (χ0n) is 20.2. The van der Waals surface area contributed by atoms with Crippen molar-refractivity contribution in [2.24, 2.45) is 5.92 Å². The summed E-state index contributed by atoms with van der Waals surface area (Å²) in [6.07, 6.45) is 0. The summed E-state index contributed by atoms with van der Waals surface area (Å²) >= 11 is 11.7. The van der Waals surface area contributed by atoms with Crippen LogP contribution in [0.5, 0.6) is 5.75 Å². The zero-order valence-corrected chi connectivity index (χ0v) is 24.2. The number of thiazole rings is 1. The highest BCUT2D eigenvalue weighted by atomic mass is 79.9. The van der Waals surface area contributed by atoms with Crippen LogP contribution in [0.2, 0.25) is 5.02 Å². The largest absolute Gasteiger partial charge is 0.489 e. The lowest BCUT2D eigenvalue weighted by molar-refractivity contribution is -0.384. The minimum absolute atomic E-state index is 0.149. The second-order valence-corrected chi connectivity index (χ2v) is 12.7. The van der Waals surface area contributed by atoms with Crippen LogP contribution in [-0.2, 0) is 16.2 Å². The predicted molar refractivity (Wildman–Crippen MR) is 155 cm³/mol. The predicted octanol–water partition coefficient (Wildman–Crippen LogP) is 6.14. The molecule has 40 heavy (non-hydrogen) atoms. The number of nitro groups is 1. The Bertz CT molecular complexity index is 1720. The van der Waals surface area contributed by atoms with Crippen molar-refractivity contribution in [3.63, 3.8) is 0 Å². The molecule has 1 aromatic heterocycles. The number of ether oxygens (including phenoxy) is 1. The number of nitro benzene ring substituents is 1. The van der Waals surface area contributed by atoms with Gasteiger partial charge in [-0.2, -0.15) is 0 Å². The van der Waals surface area contributed by atoms with E-state index in [2.05, 4.69) is 20.9 Å². The van der Waals surface area contributed by atoms with Gasteiger partial charge in [-0.1, -0.05) is 62.8 Å². The Morgan fingerprint density at radius 1 is 1.02 bits per heavy atom. The summed E-state index contributed by atoms with van der Waals surface area (Å²) < 4.78 is 6.96. The van der Waals surface area contributed by atoms with E-state index < -0.39 is 33.8 Å². The summed E-state index contributed by atoms with van der Waals surface area (Å²) in [4.78, 5) is 54.9. The molecular weight excluding hydrogens is 642 g/mol. The fourth-order valence-corrected chi connectivity index (χ4v) is 7.98. The van der Waals surface area contributed by atoms with Gasteiger partial charge >= 0.3 is 4.87 Å².